The molecule has 2 rings (SSSR count). The maximum absolute atomic E-state index is 13.0. The number of piperazine rings is 1. The number of hydrogen-bond donors (Lipinski definition) is 1. The van der Waals surface area contributed by atoms with Gasteiger partial charge in [-0.25, -0.2) is 16.8 Å². The molecular weight excluding hydrogens is 398 g/mol. The highest BCUT2D eigenvalue weighted by atomic mass is 35.5. The van der Waals surface area contributed by atoms with E-state index >= 15 is 0 Å². The van der Waals surface area contributed by atoms with Crippen LogP contribution in [-0.4, -0.2) is 63.7 Å². The van der Waals surface area contributed by atoms with Crippen LogP contribution >= 0.6 is 12.4 Å². The van der Waals surface area contributed by atoms with E-state index in [1.165, 1.54) is 32.9 Å². The molecule has 0 saturated carbocycles. The first kappa shape index (κ1) is 23.3. The summed E-state index contributed by atoms with van der Waals surface area (Å²) >= 11 is 0. The Kier molecular flexibility index (Phi) is 8.06. The van der Waals surface area contributed by atoms with Crippen LogP contribution in [0.2, 0.25) is 0 Å². The minimum atomic E-state index is -3.76. The molecule has 1 aromatic rings. The molecule has 0 aliphatic carbocycles. The zero-order valence-electron chi connectivity index (χ0n) is 15.5. The molecule has 1 aromatic carbocycles. The third kappa shape index (κ3) is 4.40. The summed E-state index contributed by atoms with van der Waals surface area (Å²) in [7, 11) is -7.46. The Morgan fingerprint density at radius 2 is 1.69 bits per heavy atom. The molecule has 1 fully saturated rings. The first-order chi connectivity index (χ1) is 11.7. The van der Waals surface area contributed by atoms with Crippen LogP contribution in [-0.2, 0) is 20.0 Å². The Hall–Kier alpha value is -0.710. The molecule has 26 heavy (non-hydrogen) atoms. The van der Waals surface area contributed by atoms with E-state index < -0.39 is 20.0 Å². The third-order valence-corrected chi connectivity index (χ3v) is 8.76. The van der Waals surface area contributed by atoms with Gasteiger partial charge in [-0.2, -0.15) is 8.61 Å². The van der Waals surface area contributed by atoms with Crippen molar-refractivity contribution in [2.75, 3.05) is 26.2 Å². The van der Waals surface area contributed by atoms with Crippen molar-refractivity contribution in [2.45, 2.75) is 49.6 Å². The minimum Gasteiger partial charge on any atom is -0.311 e. The summed E-state index contributed by atoms with van der Waals surface area (Å²) in [4.78, 5) is 0.0230. The van der Waals surface area contributed by atoms with Gasteiger partial charge in [0.05, 0.1) is 9.79 Å². The molecule has 10 heteroatoms. The minimum absolute atomic E-state index is 0. The van der Waals surface area contributed by atoms with Crippen molar-refractivity contribution >= 4 is 32.5 Å². The fourth-order valence-corrected chi connectivity index (χ4v) is 6.34. The Labute approximate surface area is 163 Å². The normalized spacial score (nSPS) is 22.2. The van der Waals surface area contributed by atoms with Crippen molar-refractivity contribution in [3.63, 3.8) is 0 Å². The van der Waals surface area contributed by atoms with E-state index in [1.54, 1.807) is 13.8 Å². The molecule has 0 aromatic heterocycles. The van der Waals surface area contributed by atoms with E-state index in [0.29, 0.717) is 26.2 Å². The van der Waals surface area contributed by atoms with Gasteiger partial charge < -0.3 is 5.32 Å². The van der Waals surface area contributed by atoms with Crippen molar-refractivity contribution in [1.29, 1.82) is 0 Å². The molecule has 7 nitrogen and oxygen atoms in total. The highest BCUT2D eigenvalue weighted by molar-refractivity contribution is 7.90. The summed E-state index contributed by atoms with van der Waals surface area (Å²) in [6.07, 6.45) is 0. The van der Waals surface area contributed by atoms with E-state index in [4.69, 9.17) is 0 Å². The first-order valence-corrected chi connectivity index (χ1v) is 11.4. The topological polar surface area (TPSA) is 86.8 Å². The molecular formula is C16H28ClN3O4S2. The van der Waals surface area contributed by atoms with Crippen LogP contribution in [0, 0.1) is 0 Å². The lowest BCUT2D eigenvalue weighted by Gasteiger charge is -2.37. The Bertz CT molecular complexity index is 811. The quantitative estimate of drug-likeness (QED) is 0.746. The van der Waals surface area contributed by atoms with Crippen molar-refractivity contribution in [1.82, 2.24) is 13.9 Å². The predicted molar refractivity (Wildman–Crippen MR) is 105 cm³/mol. The van der Waals surface area contributed by atoms with Gasteiger partial charge in [-0.15, -0.1) is 12.4 Å². The zero-order chi connectivity index (χ0) is 18.8. The largest absolute Gasteiger partial charge is 0.311 e. The Morgan fingerprint density at radius 1 is 1.12 bits per heavy atom. The van der Waals surface area contributed by atoms with Gasteiger partial charge in [-0.05, 0) is 32.0 Å². The number of benzene rings is 1. The van der Waals surface area contributed by atoms with Gasteiger partial charge in [0.1, 0.15) is 0 Å². The van der Waals surface area contributed by atoms with E-state index in [0.717, 1.165) is 0 Å². The maximum Gasteiger partial charge on any atom is 0.243 e. The summed E-state index contributed by atoms with van der Waals surface area (Å²) in [6, 6.07) is 5.47. The van der Waals surface area contributed by atoms with Crippen LogP contribution in [0.5, 0.6) is 0 Å². The van der Waals surface area contributed by atoms with Crippen LogP contribution in [0.4, 0.5) is 0 Å². The number of nitrogens with zero attached hydrogens (tertiary/aromatic N) is 2. The van der Waals surface area contributed by atoms with Gasteiger partial charge in [0.25, 0.3) is 0 Å². The number of nitrogens with one attached hydrogen (secondary N) is 1. The molecule has 2 atom stereocenters. The molecule has 1 aliphatic rings. The first-order valence-electron chi connectivity index (χ1n) is 8.51. The molecule has 0 radical (unpaired) electrons. The van der Waals surface area contributed by atoms with E-state index in [2.05, 4.69) is 5.32 Å². The lowest BCUT2D eigenvalue weighted by Crippen LogP contribution is -2.57. The molecule has 0 amide bonds. The number of rotatable bonds is 6. The van der Waals surface area contributed by atoms with Crippen LogP contribution < -0.4 is 5.32 Å². The number of hydrogen-bond acceptors (Lipinski definition) is 5. The average molecular weight is 426 g/mol. The fourth-order valence-electron chi connectivity index (χ4n) is 3.01. The molecule has 0 bridgehead atoms. The fraction of sp³-hybridized carbons (Fsp3) is 0.625. The maximum atomic E-state index is 13.0. The lowest BCUT2D eigenvalue weighted by molar-refractivity contribution is 0.233. The van der Waals surface area contributed by atoms with Crippen LogP contribution in [0.3, 0.4) is 0 Å². The number of halogens is 1. The summed E-state index contributed by atoms with van der Waals surface area (Å²) in [5.74, 6) is 0. The smallest absolute Gasteiger partial charge is 0.243 e. The van der Waals surface area contributed by atoms with Crippen LogP contribution in [0.1, 0.15) is 27.7 Å². The Morgan fingerprint density at radius 3 is 2.27 bits per heavy atom. The van der Waals surface area contributed by atoms with Gasteiger partial charge in [0.2, 0.25) is 20.0 Å². The molecule has 1 N–H and O–H groups in total. The lowest BCUT2D eigenvalue weighted by atomic mass is 10.1. The molecule has 1 heterocycles. The van der Waals surface area contributed by atoms with E-state index in [-0.39, 0.29) is 34.3 Å². The van der Waals surface area contributed by atoms with Crippen LogP contribution in [0.15, 0.2) is 34.1 Å². The highest BCUT2D eigenvalue weighted by Gasteiger charge is 2.35. The van der Waals surface area contributed by atoms with Crippen molar-refractivity contribution < 1.29 is 16.8 Å². The standard InChI is InChI=1S/C16H27N3O4S2.ClH/c1-5-18(6-2)24(20,21)15-8-7-9-16(12-15)25(22,23)19-11-10-17-13(3)14(19)4;/h7-9,12-14,17H,5-6,10-11H2,1-4H3;1H. The van der Waals surface area contributed by atoms with Crippen LogP contribution in [0.25, 0.3) is 0 Å². The third-order valence-electron chi connectivity index (χ3n) is 4.73. The van der Waals surface area contributed by atoms with Gasteiger partial charge in [0, 0.05) is 38.3 Å². The second-order valence-electron chi connectivity index (χ2n) is 6.16. The molecule has 150 valence electrons. The predicted octanol–water partition coefficient (Wildman–Crippen LogP) is 1.51. The molecule has 1 saturated heterocycles. The van der Waals surface area contributed by atoms with E-state index in [9.17, 15) is 16.8 Å². The Balaban J connectivity index is 0.00000338. The van der Waals surface area contributed by atoms with Crippen molar-refractivity contribution in [3.05, 3.63) is 24.3 Å². The monoisotopic (exact) mass is 425 g/mol. The summed E-state index contributed by atoms with van der Waals surface area (Å²) < 4.78 is 54.1. The van der Waals surface area contributed by atoms with E-state index in [1.807, 2.05) is 13.8 Å². The highest BCUT2D eigenvalue weighted by Crippen LogP contribution is 2.25. The van der Waals surface area contributed by atoms with Crippen molar-refractivity contribution in [2.24, 2.45) is 0 Å². The van der Waals surface area contributed by atoms with Gasteiger partial charge in [-0.1, -0.05) is 19.9 Å². The molecule has 2 unspecified atom stereocenters. The summed E-state index contributed by atoms with van der Waals surface area (Å²) in [6.45, 7) is 8.91. The van der Waals surface area contributed by atoms with Gasteiger partial charge in [0.15, 0.2) is 0 Å². The SMILES string of the molecule is CCN(CC)S(=O)(=O)c1cccc(S(=O)(=O)N2CCNC(C)C2C)c1.Cl. The van der Waals surface area contributed by atoms with Crippen molar-refractivity contribution in [3.8, 4) is 0 Å². The second-order valence-corrected chi connectivity index (χ2v) is 9.99. The summed E-state index contributed by atoms with van der Waals surface area (Å²) in [5, 5.41) is 3.24. The van der Waals surface area contributed by atoms with Gasteiger partial charge in [-0.3, -0.25) is 0 Å². The number of sulfonamides is 2. The zero-order valence-corrected chi connectivity index (χ0v) is 18.0. The summed E-state index contributed by atoms with van der Waals surface area (Å²) in [5.41, 5.74) is 0. The average Bonchev–Trinajstić information content (AvgIpc) is 2.58. The second kappa shape index (κ2) is 8.99. The molecule has 1 aliphatic heterocycles. The molecule has 0 spiro atoms. The van der Waals surface area contributed by atoms with Gasteiger partial charge >= 0.3 is 0 Å².